The zero-order valence-electron chi connectivity index (χ0n) is 19.2. The molecule has 2 rings (SSSR count). The molecule has 0 unspecified atom stereocenters. The molecule has 1 saturated heterocycles. The number of nitrogens with zero attached hydrogens (tertiary/aromatic N) is 1. The third-order valence-electron chi connectivity index (χ3n) is 5.09. The van der Waals surface area contributed by atoms with Gasteiger partial charge in [-0.05, 0) is 58.7 Å². The molecule has 0 radical (unpaired) electrons. The summed E-state index contributed by atoms with van der Waals surface area (Å²) in [6.45, 7) is 8.85. The molecule has 0 spiro atoms. The average molecular weight is 457 g/mol. The third-order valence-corrected chi connectivity index (χ3v) is 5.09. The Kier molecular flexibility index (Phi) is 7.65. The van der Waals surface area contributed by atoms with Crippen LogP contribution >= 0.6 is 0 Å². The van der Waals surface area contributed by atoms with E-state index in [1.165, 1.54) is 30.2 Å². The molecule has 1 fully saturated rings. The van der Waals surface area contributed by atoms with Crippen LogP contribution < -0.4 is 0 Å². The van der Waals surface area contributed by atoms with Gasteiger partial charge in [-0.3, -0.25) is 4.90 Å². The summed E-state index contributed by atoms with van der Waals surface area (Å²) in [6, 6.07) is 4.26. The highest BCUT2D eigenvalue weighted by Crippen LogP contribution is 2.39. The normalized spacial score (nSPS) is 19.8. The Hall–Kier alpha value is -2.55. The maximum absolute atomic E-state index is 13.0. The number of allylic oxidation sites excluding steroid dienone is 1. The summed E-state index contributed by atoms with van der Waals surface area (Å²) in [4.78, 5) is 26.0. The van der Waals surface area contributed by atoms with Gasteiger partial charge < -0.3 is 14.2 Å². The zero-order valence-corrected chi connectivity index (χ0v) is 19.2. The number of carbonyl (C=O) groups is 2. The highest BCUT2D eigenvalue weighted by Gasteiger charge is 2.48. The number of halogens is 3. The lowest BCUT2D eigenvalue weighted by Gasteiger charge is -2.37. The average Bonchev–Trinajstić information content (AvgIpc) is 2.98. The number of hydrogen-bond donors (Lipinski definition) is 0. The molecule has 0 aliphatic carbocycles. The minimum atomic E-state index is -4.46. The molecule has 1 aliphatic rings. The standard InChI is InChI=1S/C23H30F3NO5/c1-21(2,3)32-20(29)27-18(14-31-22(27,4)5)17(8-7-9-19(28)30-6)15-10-12-16(13-11-15)23(24,25)26/h7,9-13,17-18H,8,14H2,1-6H3/b9-7+/t17-,18+/m0/s1. The van der Waals surface area contributed by atoms with Crippen molar-refractivity contribution in [2.75, 3.05) is 13.7 Å². The second-order valence-corrected chi connectivity index (χ2v) is 9.06. The van der Waals surface area contributed by atoms with Gasteiger partial charge >= 0.3 is 18.2 Å². The van der Waals surface area contributed by atoms with Crippen molar-refractivity contribution in [1.82, 2.24) is 4.90 Å². The van der Waals surface area contributed by atoms with E-state index in [1.807, 2.05) is 0 Å². The van der Waals surface area contributed by atoms with Crippen molar-refractivity contribution in [3.8, 4) is 0 Å². The van der Waals surface area contributed by atoms with Gasteiger partial charge in [-0.15, -0.1) is 0 Å². The second kappa shape index (κ2) is 9.52. The largest absolute Gasteiger partial charge is 0.466 e. The van der Waals surface area contributed by atoms with Crippen molar-refractivity contribution >= 4 is 12.1 Å². The van der Waals surface area contributed by atoms with Crippen molar-refractivity contribution in [3.05, 3.63) is 47.5 Å². The summed E-state index contributed by atoms with van der Waals surface area (Å²) in [5, 5.41) is 0. The number of hydrogen-bond acceptors (Lipinski definition) is 5. The third kappa shape index (κ3) is 6.48. The smallest absolute Gasteiger partial charge is 0.416 e. The minimum Gasteiger partial charge on any atom is -0.466 e. The number of amides is 1. The number of carbonyl (C=O) groups excluding carboxylic acids is 2. The summed E-state index contributed by atoms with van der Waals surface area (Å²) in [5.74, 6) is -1.00. The van der Waals surface area contributed by atoms with Crippen LogP contribution in [0.2, 0.25) is 0 Å². The highest BCUT2D eigenvalue weighted by molar-refractivity contribution is 5.81. The number of benzene rings is 1. The van der Waals surface area contributed by atoms with E-state index >= 15 is 0 Å². The van der Waals surface area contributed by atoms with Crippen LogP contribution in [0.3, 0.4) is 0 Å². The highest BCUT2D eigenvalue weighted by atomic mass is 19.4. The molecule has 1 aromatic rings. The molecule has 1 aromatic carbocycles. The zero-order chi connectivity index (χ0) is 24.3. The maximum atomic E-state index is 13.0. The van der Waals surface area contributed by atoms with Gasteiger partial charge in [0.15, 0.2) is 0 Å². The molecule has 2 atom stereocenters. The summed E-state index contributed by atoms with van der Waals surface area (Å²) < 4.78 is 55.1. The molecular formula is C23H30F3NO5. The topological polar surface area (TPSA) is 65.1 Å². The van der Waals surface area contributed by atoms with Gasteiger partial charge in [0.05, 0.1) is 25.3 Å². The Morgan fingerprint density at radius 3 is 2.31 bits per heavy atom. The van der Waals surface area contributed by atoms with Crippen LogP contribution in [-0.4, -0.2) is 48.0 Å². The van der Waals surface area contributed by atoms with Crippen molar-refractivity contribution in [2.24, 2.45) is 0 Å². The first-order valence-electron chi connectivity index (χ1n) is 10.2. The van der Waals surface area contributed by atoms with Crippen molar-refractivity contribution in [3.63, 3.8) is 0 Å². The minimum absolute atomic E-state index is 0.157. The fourth-order valence-corrected chi connectivity index (χ4v) is 3.61. The first kappa shape index (κ1) is 25.7. The predicted octanol–water partition coefficient (Wildman–Crippen LogP) is 5.28. The Morgan fingerprint density at radius 1 is 1.22 bits per heavy atom. The lowest BCUT2D eigenvalue weighted by molar-refractivity contribution is -0.137. The van der Waals surface area contributed by atoms with Gasteiger partial charge in [0.25, 0.3) is 0 Å². The van der Waals surface area contributed by atoms with Gasteiger partial charge in [-0.1, -0.05) is 18.2 Å². The fraction of sp³-hybridized carbons (Fsp3) is 0.565. The van der Waals surface area contributed by atoms with E-state index in [1.54, 1.807) is 40.7 Å². The molecule has 0 bridgehead atoms. The van der Waals surface area contributed by atoms with Crippen molar-refractivity contribution < 1.29 is 37.0 Å². The van der Waals surface area contributed by atoms with Gasteiger partial charge in [0.1, 0.15) is 11.3 Å². The number of esters is 1. The molecule has 0 aromatic heterocycles. The van der Waals surface area contributed by atoms with Crippen LogP contribution in [0.15, 0.2) is 36.4 Å². The van der Waals surface area contributed by atoms with Crippen LogP contribution in [0.1, 0.15) is 58.1 Å². The quantitative estimate of drug-likeness (QED) is 0.445. The fourth-order valence-electron chi connectivity index (χ4n) is 3.61. The molecule has 1 amide bonds. The number of alkyl halides is 3. The molecule has 1 heterocycles. The van der Waals surface area contributed by atoms with Crippen molar-refractivity contribution in [1.29, 1.82) is 0 Å². The summed E-state index contributed by atoms with van der Waals surface area (Å²) in [5.41, 5.74) is -1.91. The van der Waals surface area contributed by atoms with E-state index in [9.17, 15) is 22.8 Å². The Labute approximate surface area is 186 Å². The molecule has 6 nitrogen and oxygen atoms in total. The van der Waals surface area contributed by atoms with Crippen LogP contribution in [0.25, 0.3) is 0 Å². The molecule has 178 valence electrons. The van der Waals surface area contributed by atoms with Crippen LogP contribution in [0.5, 0.6) is 0 Å². The number of ether oxygens (including phenoxy) is 3. The molecular weight excluding hydrogens is 427 g/mol. The SMILES string of the molecule is COC(=O)/C=C/C[C@@H](c1ccc(C(F)(F)F)cc1)[C@H]1COC(C)(C)N1C(=O)OC(C)(C)C. The summed E-state index contributed by atoms with van der Waals surface area (Å²) >= 11 is 0. The van der Waals surface area contributed by atoms with Crippen LogP contribution in [0.4, 0.5) is 18.0 Å². The van der Waals surface area contributed by atoms with E-state index in [0.717, 1.165) is 12.1 Å². The second-order valence-electron chi connectivity index (χ2n) is 9.06. The van der Waals surface area contributed by atoms with Gasteiger partial charge in [0.2, 0.25) is 0 Å². The molecule has 32 heavy (non-hydrogen) atoms. The van der Waals surface area contributed by atoms with E-state index in [-0.39, 0.29) is 13.0 Å². The maximum Gasteiger partial charge on any atom is 0.416 e. The number of methoxy groups -OCH3 is 1. The van der Waals surface area contributed by atoms with Crippen LogP contribution in [-0.2, 0) is 25.2 Å². The number of rotatable bonds is 5. The monoisotopic (exact) mass is 457 g/mol. The summed E-state index contributed by atoms with van der Waals surface area (Å²) in [7, 11) is 1.25. The van der Waals surface area contributed by atoms with E-state index in [0.29, 0.717) is 5.56 Å². The Balaban J connectivity index is 2.43. The first-order valence-corrected chi connectivity index (χ1v) is 10.2. The lowest BCUT2D eigenvalue weighted by Crippen LogP contribution is -2.51. The lowest BCUT2D eigenvalue weighted by atomic mass is 9.87. The molecule has 0 N–H and O–H groups in total. The van der Waals surface area contributed by atoms with Crippen molar-refractivity contribution in [2.45, 2.75) is 70.5 Å². The van der Waals surface area contributed by atoms with Gasteiger partial charge in [0, 0.05) is 12.0 Å². The van der Waals surface area contributed by atoms with Gasteiger partial charge in [-0.25, -0.2) is 9.59 Å². The molecule has 0 saturated carbocycles. The molecule has 1 aliphatic heterocycles. The first-order chi connectivity index (χ1) is 14.7. The van der Waals surface area contributed by atoms with E-state index in [4.69, 9.17) is 9.47 Å². The van der Waals surface area contributed by atoms with E-state index < -0.39 is 47.1 Å². The predicted molar refractivity (Wildman–Crippen MR) is 112 cm³/mol. The van der Waals surface area contributed by atoms with Gasteiger partial charge in [-0.2, -0.15) is 13.2 Å². The van der Waals surface area contributed by atoms with E-state index in [2.05, 4.69) is 4.74 Å². The van der Waals surface area contributed by atoms with Crippen LogP contribution in [0, 0.1) is 0 Å². The Bertz CT molecular complexity index is 841. The summed E-state index contributed by atoms with van der Waals surface area (Å²) in [6.07, 6.45) is -1.95. The molecule has 9 heteroatoms. The Morgan fingerprint density at radius 2 is 1.81 bits per heavy atom.